The van der Waals surface area contributed by atoms with E-state index in [1.54, 1.807) is 12.5 Å². The summed E-state index contributed by atoms with van der Waals surface area (Å²) in [6.45, 7) is 3.10. The van der Waals surface area contributed by atoms with Gasteiger partial charge >= 0.3 is 0 Å². The molecule has 0 spiro atoms. The fourth-order valence-corrected chi connectivity index (χ4v) is 2.01. The molecule has 0 aliphatic heterocycles. The predicted octanol–water partition coefficient (Wildman–Crippen LogP) is 3.03. The zero-order valence-electron chi connectivity index (χ0n) is 10.2. The van der Waals surface area contributed by atoms with Gasteiger partial charge in [-0.3, -0.25) is 0 Å². The second-order valence-corrected chi connectivity index (χ2v) is 4.16. The number of furan rings is 2. The number of hydrogen-bond acceptors (Lipinski definition) is 3. The van der Waals surface area contributed by atoms with Crippen LogP contribution in [0.4, 0.5) is 0 Å². The molecule has 2 rings (SSSR count). The van der Waals surface area contributed by atoms with Gasteiger partial charge in [-0.25, -0.2) is 0 Å². The van der Waals surface area contributed by atoms with Gasteiger partial charge < -0.3 is 14.2 Å². The van der Waals surface area contributed by atoms with Gasteiger partial charge in [0.2, 0.25) is 0 Å². The average Bonchev–Trinajstić information content (AvgIpc) is 2.99. The molecule has 1 N–H and O–H groups in total. The molecule has 2 heterocycles. The summed E-state index contributed by atoms with van der Waals surface area (Å²) in [5, 5.41) is 3.48. The van der Waals surface area contributed by atoms with Gasteiger partial charge in [-0.2, -0.15) is 0 Å². The lowest BCUT2D eigenvalue weighted by atomic mass is 10.1. The second-order valence-electron chi connectivity index (χ2n) is 4.16. The fourth-order valence-electron chi connectivity index (χ4n) is 2.01. The Labute approximate surface area is 102 Å². The van der Waals surface area contributed by atoms with Crippen molar-refractivity contribution in [2.75, 3.05) is 6.54 Å². The van der Waals surface area contributed by atoms with Gasteiger partial charge in [0.25, 0.3) is 0 Å². The molecule has 0 aromatic carbocycles. The zero-order valence-corrected chi connectivity index (χ0v) is 10.2. The quantitative estimate of drug-likeness (QED) is 0.798. The van der Waals surface area contributed by atoms with Gasteiger partial charge in [0.05, 0.1) is 12.5 Å². The molecule has 0 bridgehead atoms. The summed E-state index contributed by atoms with van der Waals surface area (Å²) in [5.41, 5.74) is 0. The van der Waals surface area contributed by atoms with Crippen molar-refractivity contribution in [1.29, 1.82) is 0 Å². The number of nitrogens with one attached hydrogen (secondary N) is 1. The molecule has 0 aliphatic rings. The van der Waals surface area contributed by atoms with Crippen LogP contribution in [0.15, 0.2) is 45.6 Å². The average molecular weight is 233 g/mol. The molecule has 0 radical (unpaired) electrons. The van der Waals surface area contributed by atoms with Crippen LogP contribution in [0, 0.1) is 0 Å². The summed E-state index contributed by atoms with van der Waals surface area (Å²) in [6, 6.07) is 8.36. The van der Waals surface area contributed by atoms with Crippen molar-refractivity contribution in [2.24, 2.45) is 0 Å². The van der Waals surface area contributed by atoms with Gasteiger partial charge in [-0.15, -0.1) is 0 Å². The normalized spacial score (nSPS) is 12.8. The topological polar surface area (TPSA) is 38.3 Å². The lowest BCUT2D eigenvalue weighted by Crippen LogP contribution is -2.31. The van der Waals surface area contributed by atoms with Gasteiger partial charge in [0, 0.05) is 18.9 Å². The molecule has 1 unspecified atom stereocenters. The van der Waals surface area contributed by atoms with Crippen LogP contribution in [0.3, 0.4) is 0 Å². The van der Waals surface area contributed by atoms with Crippen LogP contribution in [0.5, 0.6) is 0 Å². The monoisotopic (exact) mass is 233 g/mol. The minimum atomic E-state index is 0.441. The first-order chi connectivity index (χ1) is 8.38. The molecule has 0 aliphatic carbocycles. The molecule has 17 heavy (non-hydrogen) atoms. The van der Waals surface area contributed by atoms with Crippen molar-refractivity contribution < 1.29 is 8.83 Å². The van der Waals surface area contributed by atoms with Crippen LogP contribution in [0.1, 0.15) is 24.9 Å². The third-order valence-electron chi connectivity index (χ3n) is 2.84. The first-order valence-corrected chi connectivity index (χ1v) is 6.16. The van der Waals surface area contributed by atoms with Crippen molar-refractivity contribution in [3.63, 3.8) is 0 Å². The number of likely N-dealkylation sites (N-methyl/N-ethyl adjacent to an activating group) is 1. The van der Waals surface area contributed by atoms with Crippen molar-refractivity contribution in [2.45, 2.75) is 32.2 Å². The third kappa shape index (κ3) is 3.79. The van der Waals surface area contributed by atoms with E-state index in [0.29, 0.717) is 6.04 Å². The molecule has 0 saturated heterocycles. The highest BCUT2D eigenvalue weighted by Crippen LogP contribution is 2.11. The van der Waals surface area contributed by atoms with Crippen LogP contribution >= 0.6 is 0 Å². The number of rotatable bonds is 7. The Hall–Kier alpha value is -1.48. The molecule has 0 saturated carbocycles. The zero-order chi connectivity index (χ0) is 11.9. The van der Waals surface area contributed by atoms with E-state index in [4.69, 9.17) is 8.83 Å². The van der Waals surface area contributed by atoms with Gasteiger partial charge in [-0.1, -0.05) is 6.92 Å². The maximum absolute atomic E-state index is 5.38. The molecule has 3 nitrogen and oxygen atoms in total. The summed E-state index contributed by atoms with van der Waals surface area (Å²) in [6.07, 6.45) is 6.41. The van der Waals surface area contributed by atoms with Crippen LogP contribution in [0.2, 0.25) is 0 Å². The van der Waals surface area contributed by atoms with E-state index in [9.17, 15) is 0 Å². The van der Waals surface area contributed by atoms with Crippen LogP contribution in [-0.2, 0) is 12.8 Å². The Morgan fingerprint density at radius 2 is 1.82 bits per heavy atom. The van der Waals surface area contributed by atoms with E-state index < -0.39 is 0 Å². The van der Waals surface area contributed by atoms with E-state index in [-0.39, 0.29) is 0 Å². The Morgan fingerprint density at radius 3 is 2.41 bits per heavy atom. The SMILES string of the molecule is CCNC(CCc1ccco1)Cc1ccco1. The molecular weight excluding hydrogens is 214 g/mol. The maximum Gasteiger partial charge on any atom is 0.105 e. The van der Waals surface area contributed by atoms with Crippen LogP contribution in [-0.4, -0.2) is 12.6 Å². The number of aryl methyl sites for hydroxylation is 1. The highest BCUT2D eigenvalue weighted by Gasteiger charge is 2.11. The van der Waals surface area contributed by atoms with Crippen molar-refractivity contribution in [3.8, 4) is 0 Å². The predicted molar refractivity (Wildman–Crippen MR) is 66.9 cm³/mol. The minimum Gasteiger partial charge on any atom is -0.469 e. The van der Waals surface area contributed by atoms with Gasteiger partial charge in [-0.05, 0) is 37.2 Å². The summed E-state index contributed by atoms with van der Waals surface area (Å²) in [4.78, 5) is 0. The lowest BCUT2D eigenvalue weighted by molar-refractivity contribution is 0.414. The summed E-state index contributed by atoms with van der Waals surface area (Å²) >= 11 is 0. The van der Waals surface area contributed by atoms with Gasteiger partial charge in [0.1, 0.15) is 11.5 Å². The smallest absolute Gasteiger partial charge is 0.105 e. The third-order valence-corrected chi connectivity index (χ3v) is 2.84. The van der Waals surface area contributed by atoms with Crippen molar-refractivity contribution in [3.05, 3.63) is 48.3 Å². The standard InChI is InChI=1S/C14H19NO2/c1-2-15-12(11-14-6-4-10-17-14)7-8-13-5-3-9-16-13/h3-6,9-10,12,15H,2,7-8,11H2,1H3. The lowest BCUT2D eigenvalue weighted by Gasteiger charge is -2.15. The first-order valence-electron chi connectivity index (χ1n) is 6.16. The van der Waals surface area contributed by atoms with Gasteiger partial charge in [0.15, 0.2) is 0 Å². The Bertz CT molecular complexity index is 392. The molecule has 3 heteroatoms. The molecular formula is C14H19NO2. The second kappa shape index (κ2) is 6.30. The first kappa shape index (κ1) is 12.0. The molecule has 0 fully saturated rings. The molecule has 0 amide bonds. The Morgan fingerprint density at radius 1 is 1.12 bits per heavy atom. The van der Waals surface area contributed by atoms with E-state index >= 15 is 0 Å². The molecule has 92 valence electrons. The van der Waals surface area contributed by atoms with Crippen molar-refractivity contribution in [1.82, 2.24) is 5.32 Å². The summed E-state index contributed by atoms with van der Waals surface area (Å²) in [7, 11) is 0. The van der Waals surface area contributed by atoms with E-state index in [1.165, 1.54) is 0 Å². The Kier molecular flexibility index (Phi) is 4.45. The highest BCUT2D eigenvalue weighted by atomic mass is 16.3. The highest BCUT2D eigenvalue weighted by molar-refractivity contribution is 5.02. The number of hydrogen-bond donors (Lipinski definition) is 1. The summed E-state index contributed by atoms with van der Waals surface area (Å²) in [5.74, 6) is 2.09. The largest absolute Gasteiger partial charge is 0.469 e. The fraction of sp³-hybridized carbons (Fsp3) is 0.429. The van der Waals surface area contributed by atoms with E-state index in [2.05, 4.69) is 12.2 Å². The molecule has 2 aromatic rings. The molecule has 2 aromatic heterocycles. The minimum absolute atomic E-state index is 0.441. The van der Waals surface area contributed by atoms with E-state index in [1.807, 2.05) is 24.3 Å². The molecule has 1 atom stereocenters. The Balaban J connectivity index is 1.84. The van der Waals surface area contributed by atoms with Crippen molar-refractivity contribution >= 4 is 0 Å². The maximum atomic E-state index is 5.38. The summed E-state index contributed by atoms with van der Waals surface area (Å²) < 4.78 is 10.7. The van der Waals surface area contributed by atoms with Crippen LogP contribution < -0.4 is 5.32 Å². The van der Waals surface area contributed by atoms with Crippen LogP contribution in [0.25, 0.3) is 0 Å². The van der Waals surface area contributed by atoms with E-state index in [0.717, 1.165) is 37.3 Å².